The van der Waals surface area contributed by atoms with Gasteiger partial charge in [0.15, 0.2) is 0 Å². The van der Waals surface area contributed by atoms with Gasteiger partial charge in [0, 0.05) is 49.9 Å². The molecule has 3 N–H and O–H groups in total. The van der Waals surface area contributed by atoms with Crippen molar-refractivity contribution in [2.24, 2.45) is 0 Å². The largest absolute Gasteiger partial charge is 0.497 e. The predicted octanol–water partition coefficient (Wildman–Crippen LogP) is 4.40. The summed E-state index contributed by atoms with van der Waals surface area (Å²) in [6.07, 6.45) is 1.43. The van der Waals surface area contributed by atoms with Gasteiger partial charge >= 0.3 is 0 Å². The second-order valence-corrected chi connectivity index (χ2v) is 10.0. The van der Waals surface area contributed by atoms with Crippen LogP contribution in [-0.4, -0.2) is 49.0 Å². The molecule has 4 rings (SSSR count). The molecule has 0 aromatic heterocycles. The van der Waals surface area contributed by atoms with Crippen LogP contribution in [0, 0.1) is 0 Å². The van der Waals surface area contributed by atoms with Crippen LogP contribution in [0.25, 0.3) is 0 Å². The Bertz CT molecular complexity index is 1220. The van der Waals surface area contributed by atoms with Crippen LogP contribution in [0.4, 0.5) is 5.69 Å². The van der Waals surface area contributed by atoms with E-state index in [9.17, 15) is 9.59 Å². The topological polar surface area (TPSA) is 82.7 Å². The number of carbonyl (C=O) groups excluding carboxylic acids is 2. The lowest BCUT2D eigenvalue weighted by atomic mass is 10.1. The molecule has 1 heterocycles. The molecule has 2 amide bonds. The maximum absolute atomic E-state index is 13.3. The molecule has 38 heavy (non-hydrogen) atoms. The van der Waals surface area contributed by atoms with Crippen LogP contribution in [-0.2, 0) is 29.1 Å². The van der Waals surface area contributed by atoms with Gasteiger partial charge in [0.1, 0.15) is 5.75 Å². The fraction of sp³-hybridized carbons (Fsp3) is 0.333. The number of hydrogen-bond acceptors (Lipinski definition) is 5. The van der Waals surface area contributed by atoms with Crippen LogP contribution in [0.5, 0.6) is 5.75 Å². The molecular weight excluding hydrogens is 500 g/mol. The Labute approximate surface area is 229 Å². The van der Waals surface area contributed by atoms with E-state index in [1.165, 1.54) is 12.5 Å². The third kappa shape index (κ3) is 7.81. The van der Waals surface area contributed by atoms with E-state index >= 15 is 0 Å². The third-order valence-corrected chi connectivity index (χ3v) is 7.15. The Hall–Kier alpha value is -3.39. The summed E-state index contributed by atoms with van der Waals surface area (Å²) in [6, 6.07) is 23.4. The SMILES string of the molecule is COc1ccc(CN[C@H]2C[C@@H](C(=O)NCCc3ccc(NC(C)=O)cc3)N(Cc3ccccc3Cl)C2)cc1. The van der Waals surface area contributed by atoms with Crippen molar-refractivity contribution in [3.8, 4) is 5.75 Å². The number of benzene rings is 3. The van der Waals surface area contributed by atoms with Crippen LogP contribution in [0.1, 0.15) is 30.0 Å². The molecule has 0 unspecified atom stereocenters. The van der Waals surface area contributed by atoms with Gasteiger partial charge in [0.05, 0.1) is 13.2 Å². The first-order valence-electron chi connectivity index (χ1n) is 12.9. The summed E-state index contributed by atoms with van der Waals surface area (Å²) in [7, 11) is 1.66. The monoisotopic (exact) mass is 534 g/mol. The minimum atomic E-state index is -0.248. The lowest BCUT2D eigenvalue weighted by Gasteiger charge is -2.24. The number of hydrogen-bond donors (Lipinski definition) is 3. The van der Waals surface area contributed by atoms with Gasteiger partial charge in [0.2, 0.25) is 11.8 Å². The molecule has 3 aromatic rings. The van der Waals surface area contributed by atoms with Crippen molar-refractivity contribution < 1.29 is 14.3 Å². The summed E-state index contributed by atoms with van der Waals surface area (Å²) in [5, 5.41) is 10.2. The summed E-state index contributed by atoms with van der Waals surface area (Å²) in [5.41, 5.74) is 4.04. The first-order chi connectivity index (χ1) is 18.4. The van der Waals surface area contributed by atoms with E-state index in [4.69, 9.17) is 16.3 Å². The first kappa shape index (κ1) is 27.6. The summed E-state index contributed by atoms with van der Waals surface area (Å²) in [5.74, 6) is 0.765. The van der Waals surface area contributed by atoms with Crippen molar-refractivity contribution >= 4 is 29.1 Å². The molecule has 0 saturated carbocycles. The zero-order valence-electron chi connectivity index (χ0n) is 21.9. The van der Waals surface area contributed by atoms with Gasteiger partial charge in [-0.3, -0.25) is 14.5 Å². The zero-order valence-corrected chi connectivity index (χ0v) is 22.6. The number of carbonyl (C=O) groups is 2. The van der Waals surface area contributed by atoms with Gasteiger partial charge in [-0.05, 0) is 59.9 Å². The maximum atomic E-state index is 13.3. The Morgan fingerprint density at radius 3 is 2.39 bits per heavy atom. The molecule has 0 aliphatic carbocycles. The highest BCUT2D eigenvalue weighted by Crippen LogP contribution is 2.25. The number of amides is 2. The van der Waals surface area contributed by atoms with Gasteiger partial charge < -0.3 is 20.7 Å². The smallest absolute Gasteiger partial charge is 0.237 e. The van der Waals surface area contributed by atoms with Crippen molar-refractivity contribution in [2.75, 3.05) is 25.5 Å². The summed E-state index contributed by atoms with van der Waals surface area (Å²) < 4.78 is 5.25. The van der Waals surface area contributed by atoms with E-state index in [1.807, 2.05) is 60.7 Å². The molecule has 1 aliphatic rings. The van der Waals surface area contributed by atoms with Crippen LogP contribution >= 0.6 is 11.6 Å². The Morgan fingerprint density at radius 1 is 1.00 bits per heavy atom. The van der Waals surface area contributed by atoms with Gasteiger partial charge in [-0.25, -0.2) is 0 Å². The predicted molar refractivity (Wildman–Crippen MR) is 151 cm³/mol. The molecule has 7 nitrogen and oxygen atoms in total. The van der Waals surface area contributed by atoms with Crippen molar-refractivity contribution in [1.82, 2.24) is 15.5 Å². The summed E-state index contributed by atoms with van der Waals surface area (Å²) in [4.78, 5) is 26.7. The molecule has 0 spiro atoms. The van der Waals surface area contributed by atoms with E-state index < -0.39 is 0 Å². The second-order valence-electron chi connectivity index (χ2n) is 9.62. The minimum absolute atomic E-state index is 0.0284. The van der Waals surface area contributed by atoms with Crippen LogP contribution in [0.15, 0.2) is 72.8 Å². The number of halogens is 1. The van der Waals surface area contributed by atoms with Crippen LogP contribution in [0.3, 0.4) is 0 Å². The van der Waals surface area contributed by atoms with E-state index in [0.717, 1.165) is 42.1 Å². The van der Waals surface area contributed by atoms with Gasteiger partial charge in [-0.2, -0.15) is 0 Å². The van der Waals surface area contributed by atoms with Crippen LogP contribution < -0.4 is 20.7 Å². The molecule has 8 heteroatoms. The highest BCUT2D eigenvalue weighted by Gasteiger charge is 2.36. The van der Waals surface area contributed by atoms with E-state index in [0.29, 0.717) is 24.5 Å². The summed E-state index contributed by atoms with van der Waals surface area (Å²) >= 11 is 6.45. The minimum Gasteiger partial charge on any atom is -0.497 e. The Morgan fingerprint density at radius 2 is 1.71 bits per heavy atom. The lowest BCUT2D eigenvalue weighted by molar-refractivity contribution is -0.125. The molecule has 0 bridgehead atoms. The molecule has 200 valence electrons. The molecule has 2 atom stereocenters. The average molecular weight is 535 g/mol. The fourth-order valence-electron chi connectivity index (χ4n) is 4.76. The standard InChI is InChI=1S/C30H35ClN4O3/c1-21(36)34-25-11-7-22(8-12-25)15-16-32-30(37)29-17-26(33-18-23-9-13-27(38-2)14-10-23)20-35(29)19-24-5-3-4-6-28(24)31/h3-14,26,29,33H,15-20H2,1-2H3,(H,32,37)(H,34,36)/t26-,29-/m0/s1. The number of likely N-dealkylation sites (tertiary alicyclic amines) is 1. The molecule has 0 radical (unpaired) electrons. The number of rotatable bonds is 11. The Kier molecular flexibility index (Phi) is 9.76. The second kappa shape index (κ2) is 13.4. The van der Waals surface area contributed by atoms with E-state index in [1.54, 1.807) is 7.11 Å². The van der Waals surface area contributed by atoms with Gasteiger partial charge in [-0.1, -0.05) is 54.1 Å². The molecule has 3 aromatic carbocycles. The van der Waals surface area contributed by atoms with Crippen molar-refractivity contribution in [3.63, 3.8) is 0 Å². The maximum Gasteiger partial charge on any atom is 0.237 e. The van der Waals surface area contributed by atoms with Crippen LogP contribution in [0.2, 0.25) is 5.02 Å². The number of ether oxygens (including phenoxy) is 1. The van der Waals surface area contributed by atoms with Gasteiger partial charge in [-0.15, -0.1) is 0 Å². The normalized spacial score (nSPS) is 17.2. The van der Waals surface area contributed by atoms with E-state index in [2.05, 4.69) is 33.0 Å². The zero-order chi connectivity index (χ0) is 26.9. The number of anilines is 1. The third-order valence-electron chi connectivity index (χ3n) is 6.78. The fourth-order valence-corrected chi connectivity index (χ4v) is 4.95. The van der Waals surface area contributed by atoms with Gasteiger partial charge in [0.25, 0.3) is 0 Å². The molecule has 1 aliphatic heterocycles. The van der Waals surface area contributed by atoms with Crippen molar-refractivity contribution in [1.29, 1.82) is 0 Å². The number of nitrogens with zero attached hydrogens (tertiary/aromatic N) is 1. The number of methoxy groups -OCH3 is 1. The highest BCUT2D eigenvalue weighted by atomic mass is 35.5. The lowest BCUT2D eigenvalue weighted by Crippen LogP contribution is -2.43. The van der Waals surface area contributed by atoms with E-state index in [-0.39, 0.29) is 23.9 Å². The molecule has 1 fully saturated rings. The first-order valence-corrected chi connectivity index (χ1v) is 13.3. The van der Waals surface area contributed by atoms with Crippen molar-refractivity contribution in [2.45, 2.75) is 44.9 Å². The highest BCUT2D eigenvalue weighted by molar-refractivity contribution is 6.31. The Balaban J connectivity index is 1.35. The number of nitrogens with one attached hydrogen (secondary N) is 3. The average Bonchev–Trinajstić information content (AvgIpc) is 3.32. The summed E-state index contributed by atoms with van der Waals surface area (Å²) in [6.45, 7) is 4.12. The molecular formula is C30H35ClN4O3. The molecule has 1 saturated heterocycles. The van der Waals surface area contributed by atoms with Crippen molar-refractivity contribution in [3.05, 3.63) is 94.5 Å². The quantitative estimate of drug-likeness (QED) is 0.340.